The molecule has 30 heavy (non-hydrogen) atoms. The molecule has 1 unspecified atom stereocenters. The molecule has 0 saturated heterocycles. The second kappa shape index (κ2) is 14.8. The van der Waals surface area contributed by atoms with Crippen molar-refractivity contribution in [2.45, 2.75) is 26.5 Å². The van der Waals surface area contributed by atoms with E-state index in [9.17, 15) is 4.39 Å². The molecule has 0 amide bonds. The summed E-state index contributed by atoms with van der Waals surface area (Å²) in [6.07, 6.45) is 1.56. The lowest BCUT2D eigenvalue weighted by atomic mass is 10.3. The fourth-order valence-electron chi connectivity index (χ4n) is 2.43. The maximum atomic E-state index is 13.0. The largest absolute Gasteiger partial charge is 0.489 e. The lowest BCUT2D eigenvalue weighted by molar-refractivity contribution is 0.143. The minimum atomic E-state index is -0.286. The number of nitrogens with one attached hydrogen (secondary N) is 2. The molecule has 2 aromatic rings. The SMILES string of the molecule is CCNC(=NCc1cccnc1OCCOC)NCC(C)Oc1ccc(F)cc1.I. The first-order valence-electron chi connectivity index (χ1n) is 9.62. The highest BCUT2D eigenvalue weighted by molar-refractivity contribution is 14.0. The number of rotatable bonds is 11. The molecule has 2 rings (SSSR count). The van der Waals surface area contributed by atoms with Crippen LogP contribution in [0.3, 0.4) is 0 Å². The quantitative estimate of drug-likeness (QED) is 0.200. The number of halogens is 2. The third kappa shape index (κ3) is 9.57. The Hall–Kier alpha value is -2.14. The van der Waals surface area contributed by atoms with Crippen LogP contribution in [0.25, 0.3) is 0 Å². The number of aromatic nitrogens is 1. The molecular formula is C21H30FIN4O3. The maximum Gasteiger partial charge on any atom is 0.218 e. The standard InChI is InChI=1S/C21H29FN4O3.HI/c1-4-23-21(25-14-16(2)29-19-9-7-18(22)8-10-19)26-15-17-6-5-11-24-20(17)28-13-12-27-3;/h5-11,16H,4,12-15H2,1-3H3,(H2,23,25,26);1H. The zero-order chi connectivity index (χ0) is 20.9. The van der Waals surface area contributed by atoms with Crippen molar-refractivity contribution in [1.29, 1.82) is 0 Å². The summed E-state index contributed by atoms with van der Waals surface area (Å²) in [6, 6.07) is 9.76. The lowest BCUT2D eigenvalue weighted by Gasteiger charge is -2.18. The Labute approximate surface area is 194 Å². The molecule has 1 atom stereocenters. The zero-order valence-corrected chi connectivity index (χ0v) is 19.9. The number of ether oxygens (including phenoxy) is 3. The van der Waals surface area contributed by atoms with Crippen LogP contribution in [0.15, 0.2) is 47.6 Å². The molecule has 0 bridgehead atoms. The highest BCUT2D eigenvalue weighted by Gasteiger charge is 2.08. The van der Waals surface area contributed by atoms with Gasteiger partial charge < -0.3 is 24.8 Å². The Morgan fingerprint density at radius 3 is 2.63 bits per heavy atom. The number of benzene rings is 1. The number of hydrogen-bond donors (Lipinski definition) is 2. The van der Waals surface area contributed by atoms with Gasteiger partial charge in [-0.1, -0.05) is 6.07 Å². The molecule has 0 fully saturated rings. The van der Waals surface area contributed by atoms with Gasteiger partial charge in [0, 0.05) is 25.4 Å². The van der Waals surface area contributed by atoms with Gasteiger partial charge in [-0.05, 0) is 44.2 Å². The highest BCUT2D eigenvalue weighted by Crippen LogP contribution is 2.15. The number of guanidine groups is 1. The van der Waals surface area contributed by atoms with E-state index in [1.807, 2.05) is 26.0 Å². The Morgan fingerprint density at radius 2 is 1.93 bits per heavy atom. The van der Waals surface area contributed by atoms with E-state index in [1.165, 1.54) is 12.1 Å². The van der Waals surface area contributed by atoms with Gasteiger partial charge in [0.15, 0.2) is 5.96 Å². The number of aliphatic imine (C=N–C) groups is 1. The average molecular weight is 532 g/mol. The fraction of sp³-hybridized carbons (Fsp3) is 0.429. The lowest BCUT2D eigenvalue weighted by Crippen LogP contribution is -2.41. The number of nitrogens with zero attached hydrogens (tertiary/aromatic N) is 2. The summed E-state index contributed by atoms with van der Waals surface area (Å²) >= 11 is 0. The van der Waals surface area contributed by atoms with E-state index in [0.29, 0.717) is 43.9 Å². The molecule has 1 aromatic carbocycles. The van der Waals surface area contributed by atoms with Crippen molar-refractivity contribution in [2.75, 3.05) is 33.4 Å². The van der Waals surface area contributed by atoms with E-state index in [4.69, 9.17) is 14.2 Å². The van der Waals surface area contributed by atoms with E-state index in [-0.39, 0.29) is 35.9 Å². The second-order valence-corrected chi connectivity index (χ2v) is 6.27. The Balaban J connectivity index is 0.00000450. The van der Waals surface area contributed by atoms with Crippen molar-refractivity contribution >= 4 is 29.9 Å². The van der Waals surface area contributed by atoms with Crippen molar-refractivity contribution in [2.24, 2.45) is 4.99 Å². The first-order valence-corrected chi connectivity index (χ1v) is 9.62. The minimum absolute atomic E-state index is 0. The third-order valence-electron chi connectivity index (χ3n) is 3.84. The third-order valence-corrected chi connectivity index (χ3v) is 3.84. The van der Waals surface area contributed by atoms with Crippen molar-refractivity contribution < 1.29 is 18.6 Å². The molecule has 0 radical (unpaired) electrons. The first kappa shape index (κ1) is 25.9. The predicted octanol–water partition coefficient (Wildman–Crippen LogP) is 3.39. The summed E-state index contributed by atoms with van der Waals surface area (Å²) in [6.45, 7) is 6.54. The van der Waals surface area contributed by atoms with Crippen LogP contribution in [0.4, 0.5) is 4.39 Å². The van der Waals surface area contributed by atoms with E-state index < -0.39 is 0 Å². The molecule has 0 aliphatic heterocycles. The van der Waals surface area contributed by atoms with Crippen molar-refractivity contribution in [3.05, 3.63) is 54.0 Å². The molecule has 0 spiro atoms. The summed E-state index contributed by atoms with van der Waals surface area (Å²) in [5.41, 5.74) is 0.886. The summed E-state index contributed by atoms with van der Waals surface area (Å²) in [5.74, 6) is 1.55. The molecular weight excluding hydrogens is 502 g/mol. The Kier molecular flexibility index (Phi) is 12.8. The molecule has 7 nitrogen and oxygen atoms in total. The predicted molar refractivity (Wildman–Crippen MR) is 126 cm³/mol. The molecule has 2 N–H and O–H groups in total. The van der Waals surface area contributed by atoms with Gasteiger partial charge in [0.05, 0.1) is 19.7 Å². The van der Waals surface area contributed by atoms with Crippen LogP contribution in [0, 0.1) is 5.82 Å². The minimum Gasteiger partial charge on any atom is -0.489 e. The van der Waals surface area contributed by atoms with Crippen LogP contribution in [0.2, 0.25) is 0 Å². The van der Waals surface area contributed by atoms with Crippen molar-refractivity contribution in [1.82, 2.24) is 15.6 Å². The summed E-state index contributed by atoms with van der Waals surface area (Å²) < 4.78 is 29.4. The van der Waals surface area contributed by atoms with Gasteiger partial charge in [-0.25, -0.2) is 14.4 Å². The van der Waals surface area contributed by atoms with Crippen molar-refractivity contribution in [3.63, 3.8) is 0 Å². The fourth-order valence-corrected chi connectivity index (χ4v) is 2.43. The number of hydrogen-bond acceptors (Lipinski definition) is 5. The average Bonchev–Trinajstić information content (AvgIpc) is 2.73. The van der Waals surface area contributed by atoms with Gasteiger partial charge in [-0.15, -0.1) is 24.0 Å². The monoisotopic (exact) mass is 532 g/mol. The van der Waals surface area contributed by atoms with Crippen LogP contribution in [-0.2, 0) is 11.3 Å². The van der Waals surface area contributed by atoms with Crippen LogP contribution >= 0.6 is 24.0 Å². The summed E-state index contributed by atoms with van der Waals surface area (Å²) in [5, 5.41) is 6.46. The van der Waals surface area contributed by atoms with E-state index in [0.717, 1.165) is 12.1 Å². The molecule has 9 heteroatoms. The first-order chi connectivity index (χ1) is 14.1. The maximum absolute atomic E-state index is 13.0. The summed E-state index contributed by atoms with van der Waals surface area (Å²) in [7, 11) is 1.63. The smallest absolute Gasteiger partial charge is 0.218 e. The number of pyridine rings is 1. The molecule has 1 aromatic heterocycles. The molecule has 0 aliphatic carbocycles. The topological polar surface area (TPSA) is 77.0 Å². The van der Waals surface area contributed by atoms with Crippen molar-refractivity contribution in [3.8, 4) is 11.6 Å². The highest BCUT2D eigenvalue weighted by atomic mass is 127. The Morgan fingerprint density at radius 1 is 1.17 bits per heavy atom. The zero-order valence-electron chi connectivity index (χ0n) is 17.6. The van der Waals surface area contributed by atoms with Gasteiger partial charge in [0.2, 0.25) is 5.88 Å². The van der Waals surface area contributed by atoms with E-state index >= 15 is 0 Å². The van der Waals surface area contributed by atoms with Gasteiger partial charge in [0.25, 0.3) is 0 Å². The molecule has 0 saturated carbocycles. The van der Waals surface area contributed by atoms with Gasteiger partial charge in [0.1, 0.15) is 24.3 Å². The normalized spacial score (nSPS) is 11.9. The second-order valence-electron chi connectivity index (χ2n) is 6.27. The van der Waals surface area contributed by atoms with E-state index in [1.54, 1.807) is 25.4 Å². The van der Waals surface area contributed by atoms with Crippen LogP contribution in [-0.4, -0.2) is 50.5 Å². The van der Waals surface area contributed by atoms with Crippen LogP contribution in [0.5, 0.6) is 11.6 Å². The molecule has 1 heterocycles. The van der Waals surface area contributed by atoms with Crippen LogP contribution < -0.4 is 20.1 Å². The molecule has 0 aliphatic rings. The molecule has 166 valence electrons. The Bertz CT molecular complexity index is 762. The number of methoxy groups -OCH3 is 1. The van der Waals surface area contributed by atoms with Gasteiger partial charge in [-0.3, -0.25) is 0 Å². The summed E-state index contributed by atoms with van der Waals surface area (Å²) in [4.78, 5) is 8.87. The van der Waals surface area contributed by atoms with E-state index in [2.05, 4.69) is 20.6 Å². The van der Waals surface area contributed by atoms with Gasteiger partial charge in [-0.2, -0.15) is 0 Å². The van der Waals surface area contributed by atoms with Crippen LogP contribution in [0.1, 0.15) is 19.4 Å². The van der Waals surface area contributed by atoms with Gasteiger partial charge >= 0.3 is 0 Å².